The Morgan fingerprint density at radius 3 is 2.54 bits per heavy atom. The van der Waals surface area contributed by atoms with E-state index in [1.54, 1.807) is 0 Å². The van der Waals surface area contributed by atoms with E-state index in [9.17, 15) is 0 Å². The summed E-state index contributed by atoms with van der Waals surface area (Å²) in [5.41, 5.74) is 3.85. The van der Waals surface area contributed by atoms with Crippen LogP contribution in [0, 0.1) is 0 Å². The smallest absolute Gasteiger partial charge is 0.104 e. The van der Waals surface area contributed by atoms with E-state index in [4.69, 9.17) is 4.99 Å². The molecule has 0 N–H and O–H groups in total. The molecule has 2 aromatic carbocycles. The Morgan fingerprint density at radius 2 is 1.79 bits per heavy atom. The zero-order chi connectivity index (χ0) is 15.6. The van der Waals surface area contributed by atoms with Crippen molar-refractivity contribution in [1.82, 2.24) is 4.57 Å². The highest BCUT2D eigenvalue weighted by Crippen LogP contribution is 2.26. The fraction of sp³-hybridized carbons (Fsp3) is 0.250. The van der Waals surface area contributed by atoms with Crippen LogP contribution in [0.3, 0.4) is 0 Å². The number of aromatic nitrogens is 1. The Kier molecular flexibility index (Phi) is 4.91. The number of hydrogen-bond acceptors (Lipinski definition) is 2. The maximum Gasteiger partial charge on any atom is 0.104 e. The number of fused-ring (bicyclic) bond motifs is 1. The van der Waals surface area contributed by atoms with Crippen molar-refractivity contribution in [2.24, 2.45) is 12.0 Å². The van der Waals surface area contributed by atoms with E-state index in [0.717, 1.165) is 25.9 Å². The highest BCUT2D eigenvalue weighted by molar-refractivity contribution is 5.99. The third kappa shape index (κ3) is 3.04. The number of rotatable bonds is 3. The minimum atomic E-state index is 0. The average Bonchev–Trinajstić information content (AvgIpc) is 3.23. The molecule has 3 nitrogen and oxygen atoms in total. The minimum absolute atomic E-state index is 0. The number of aliphatic imine (C=N–C) groups is 1. The highest BCUT2D eigenvalue weighted by Gasteiger charge is 2.19. The topological polar surface area (TPSA) is 20.5 Å². The van der Waals surface area contributed by atoms with Gasteiger partial charge in [-0.2, -0.15) is 0 Å². The monoisotopic (exact) mass is 339 g/mol. The highest BCUT2D eigenvalue weighted by atomic mass is 35.5. The Labute approximate surface area is 149 Å². The Bertz CT molecular complexity index is 852. The van der Waals surface area contributed by atoms with Crippen LogP contribution in [-0.4, -0.2) is 16.9 Å². The summed E-state index contributed by atoms with van der Waals surface area (Å²) in [6.45, 7) is 1.82. The zero-order valence-corrected chi connectivity index (χ0v) is 14.7. The number of aryl methyl sites for hydroxylation is 1. The number of halogens is 1. The summed E-state index contributed by atoms with van der Waals surface area (Å²) in [7, 11) is 2.12. The lowest BCUT2D eigenvalue weighted by Crippen LogP contribution is -2.28. The fourth-order valence-electron chi connectivity index (χ4n) is 3.41. The summed E-state index contributed by atoms with van der Waals surface area (Å²) in [6.07, 6.45) is 4.48. The van der Waals surface area contributed by atoms with Gasteiger partial charge >= 0.3 is 0 Å². The van der Waals surface area contributed by atoms with Crippen molar-refractivity contribution in [3.8, 4) is 0 Å². The predicted octanol–water partition coefficient (Wildman–Crippen LogP) is 4.80. The second kappa shape index (κ2) is 7.10. The zero-order valence-electron chi connectivity index (χ0n) is 13.9. The van der Waals surface area contributed by atoms with E-state index in [0.29, 0.717) is 0 Å². The molecular formula is C20H22ClN3. The largest absolute Gasteiger partial charge is 0.350 e. The summed E-state index contributed by atoms with van der Waals surface area (Å²) in [5, 5.41) is 1.33. The molecule has 124 valence electrons. The number of benzene rings is 2. The molecule has 0 saturated heterocycles. The Balaban J connectivity index is 0.00000169. The minimum Gasteiger partial charge on any atom is -0.350 e. The van der Waals surface area contributed by atoms with E-state index in [-0.39, 0.29) is 12.4 Å². The van der Waals surface area contributed by atoms with Gasteiger partial charge in [-0.25, -0.2) is 0 Å². The number of amidine groups is 1. The first-order valence-corrected chi connectivity index (χ1v) is 8.22. The van der Waals surface area contributed by atoms with Crippen LogP contribution in [0.25, 0.3) is 10.9 Å². The van der Waals surface area contributed by atoms with Crippen molar-refractivity contribution in [2.75, 3.05) is 11.4 Å². The van der Waals surface area contributed by atoms with Crippen LogP contribution in [0.1, 0.15) is 18.4 Å². The Morgan fingerprint density at radius 1 is 1.04 bits per heavy atom. The van der Waals surface area contributed by atoms with E-state index in [2.05, 4.69) is 77.3 Å². The molecule has 0 saturated carbocycles. The quantitative estimate of drug-likeness (QED) is 0.671. The second-order valence-corrected chi connectivity index (χ2v) is 6.11. The third-order valence-electron chi connectivity index (χ3n) is 4.54. The predicted molar refractivity (Wildman–Crippen MR) is 104 cm³/mol. The second-order valence-electron chi connectivity index (χ2n) is 6.11. The molecule has 0 unspecified atom stereocenters. The van der Waals surface area contributed by atoms with Crippen molar-refractivity contribution in [3.05, 3.63) is 66.4 Å². The Hall–Kier alpha value is -2.26. The summed E-state index contributed by atoms with van der Waals surface area (Å²) in [4.78, 5) is 7.10. The molecule has 1 aliphatic heterocycles. The van der Waals surface area contributed by atoms with Crippen molar-refractivity contribution < 1.29 is 0 Å². The van der Waals surface area contributed by atoms with Crippen molar-refractivity contribution >= 4 is 34.8 Å². The van der Waals surface area contributed by atoms with Crippen LogP contribution < -0.4 is 4.90 Å². The summed E-state index contributed by atoms with van der Waals surface area (Å²) in [6, 6.07) is 19.2. The van der Waals surface area contributed by atoms with Gasteiger partial charge in [0.2, 0.25) is 0 Å². The number of anilines is 1. The number of hydrogen-bond donors (Lipinski definition) is 0. The van der Waals surface area contributed by atoms with Crippen LogP contribution in [0.5, 0.6) is 0 Å². The van der Waals surface area contributed by atoms with Crippen molar-refractivity contribution in [3.63, 3.8) is 0 Å². The van der Waals surface area contributed by atoms with Gasteiger partial charge in [0.05, 0.1) is 6.54 Å². The third-order valence-corrected chi connectivity index (χ3v) is 4.54. The molecular weight excluding hydrogens is 318 g/mol. The summed E-state index contributed by atoms with van der Waals surface area (Å²) >= 11 is 0. The van der Waals surface area contributed by atoms with Gasteiger partial charge in [0, 0.05) is 42.8 Å². The van der Waals surface area contributed by atoms with Gasteiger partial charge in [-0.1, -0.05) is 36.4 Å². The molecule has 1 aromatic heterocycles. The molecule has 0 fully saturated rings. The lowest BCUT2D eigenvalue weighted by atomic mass is 10.1. The van der Waals surface area contributed by atoms with Gasteiger partial charge in [-0.05, 0) is 30.2 Å². The van der Waals surface area contributed by atoms with Crippen molar-refractivity contribution in [2.45, 2.75) is 19.4 Å². The molecule has 0 spiro atoms. The number of nitrogens with zero attached hydrogens (tertiary/aromatic N) is 3. The van der Waals surface area contributed by atoms with Gasteiger partial charge < -0.3 is 9.47 Å². The van der Waals surface area contributed by atoms with Crippen LogP contribution in [0.15, 0.2) is 65.8 Å². The van der Waals surface area contributed by atoms with Crippen LogP contribution >= 0.6 is 12.4 Å². The molecule has 0 aliphatic carbocycles. The molecule has 1 aliphatic rings. The van der Waals surface area contributed by atoms with Gasteiger partial charge in [0.15, 0.2) is 0 Å². The van der Waals surface area contributed by atoms with E-state index in [1.165, 1.54) is 28.0 Å². The lowest BCUT2D eigenvalue weighted by molar-refractivity contribution is 0.926. The molecule has 3 aromatic rings. The molecule has 0 bridgehead atoms. The van der Waals surface area contributed by atoms with Crippen LogP contribution in [0.4, 0.5) is 5.69 Å². The average molecular weight is 340 g/mol. The summed E-state index contributed by atoms with van der Waals surface area (Å²) in [5.74, 6) is 1.21. The van der Waals surface area contributed by atoms with Gasteiger partial charge in [-0.15, -0.1) is 12.4 Å². The summed E-state index contributed by atoms with van der Waals surface area (Å²) < 4.78 is 2.21. The molecule has 24 heavy (non-hydrogen) atoms. The van der Waals surface area contributed by atoms with Crippen molar-refractivity contribution in [1.29, 1.82) is 0 Å². The number of para-hydroxylation sites is 2. The molecule has 0 amide bonds. The normalized spacial score (nSPS) is 13.6. The molecule has 0 radical (unpaired) electrons. The van der Waals surface area contributed by atoms with Crippen LogP contribution in [-0.2, 0) is 13.6 Å². The first kappa shape index (κ1) is 16.6. The maximum absolute atomic E-state index is 4.73. The molecule has 4 rings (SSSR count). The van der Waals surface area contributed by atoms with Gasteiger partial charge in [-0.3, -0.25) is 4.99 Å². The van der Waals surface area contributed by atoms with E-state index < -0.39 is 0 Å². The first-order valence-electron chi connectivity index (χ1n) is 8.22. The molecule has 4 heteroatoms. The first-order chi connectivity index (χ1) is 11.3. The van der Waals surface area contributed by atoms with Crippen LogP contribution in [0.2, 0.25) is 0 Å². The SMILES string of the molecule is Cl.Cn1cc(CN(C2=NCCC2)c2ccccc2)c2ccccc21. The molecule has 0 atom stereocenters. The van der Waals surface area contributed by atoms with E-state index >= 15 is 0 Å². The fourth-order valence-corrected chi connectivity index (χ4v) is 3.41. The lowest BCUT2D eigenvalue weighted by Gasteiger charge is -2.24. The van der Waals surface area contributed by atoms with Gasteiger partial charge in [0.1, 0.15) is 5.84 Å². The maximum atomic E-state index is 4.73. The standard InChI is InChI=1S/C20H21N3.ClH/c1-22-14-16(18-10-5-6-11-19(18)22)15-23(20-12-7-13-21-20)17-8-3-2-4-9-17;/h2-6,8-11,14H,7,12-13,15H2,1H3;1H. The van der Waals surface area contributed by atoms with E-state index in [1.807, 2.05) is 0 Å². The molecule has 2 heterocycles. The van der Waals surface area contributed by atoms with Gasteiger partial charge in [0.25, 0.3) is 0 Å².